The summed E-state index contributed by atoms with van der Waals surface area (Å²) in [6.45, 7) is 3.13. The van der Waals surface area contributed by atoms with E-state index in [0.717, 1.165) is 0 Å². The number of rotatable bonds is 4. The summed E-state index contributed by atoms with van der Waals surface area (Å²) in [5.74, 6) is -0.985. The van der Waals surface area contributed by atoms with Gasteiger partial charge < -0.3 is 5.11 Å². The summed E-state index contributed by atoms with van der Waals surface area (Å²) in [5, 5.41) is 8.07. The van der Waals surface area contributed by atoms with Gasteiger partial charge in [-0.15, -0.1) is 6.58 Å². The normalized spacial score (nSPS) is 11.2. The van der Waals surface area contributed by atoms with E-state index in [4.69, 9.17) is 5.11 Å². The lowest BCUT2D eigenvalue weighted by Gasteiger charge is -1.96. The van der Waals surface area contributed by atoms with E-state index >= 15 is 0 Å². The molecule has 0 aromatic rings. The van der Waals surface area contributed by atoms with Gasteiger partial charge >= 0.3 is 0 Å². The van der Waals surface area contributed by atoms with Crippen LogP contribution in [0, 0.1) is 0 Å². The Morgan fingerprint density at radius 1 is 1.67 bits per heavy atom. The van der Waals surface area contributed by atoms with Crippen LogP contribution in [0.5, 0.6) is 0 Å². The summed E-state index contributed by atoms with van der Waals surface area (Å²) in [7, 11) is -3.70. The van der Waals surface area contributed by atoms with Crippen molar-refractivity contribution in [2.75, 3.05) is 12.5 Å². The minimum absolute atomic E-state index is 0.0944. The van der Waals surface area contributed by atoms with Crippen molar-refractivity contribution in [2.45, 2.75) is 0 Å². The topological polar surface area (TPSA) is 63.6 Å². The smallest absolute Gasteiger partial charge is 0.291 e. The highest BCUT2D eigenvalue weighted by Crippen LogP contribution is 1.88. The predicted molar refractivity (Wildman–Crippen MR) is 32.2 cm³/mol. The summed E-state index contributed by atoms with van der Waals surface area (Å²) >= 11 is 0. The fourth-order valence-electron chi connectivity index (χ4n) is 0.189. The number of hydrogen-bond donors (Lipinski definition) is 1. The van der Waals surface area contributed by atoms with Crippen molar-refractivity contribution in [1.82, 2.24) is 0 Å². The largest absolute Gasteiger partial charge is 0.378 e. The number of hydrogen-bond acceptors (Lipinski definition) is 4. The van der Waals surface area contributed by atoms with E-state index in [-0.39, 0.29) is 6.61 Å². The Labute approximate surface area is 53.9 Å². The standard InChI is InChI=1S/C4H8O4S/c1-2-3-8-9(6,7)4-5/h2,5H,1,3-4H2. The Morgan fingerprint density at radius 3 is 2.56 bits per heavy atom. The first-order chi connectivity index (χ1) is 4.12. The van der Waals surface area contributed by atoms with Crippen molar-refractivity contribution >= 4 is 10.1 Å². The Bertz CT molecular complexity index is 169. The molecule has 0 saturated carbocycles. The number of aliphatic hydroxyl groups excluding tert-OH is 1. The van der Waals surface area contributed by atoms with Gasteiger partial charge in [-0.25, -0.2) is 0 Å². The summed E-state index contributed by atoms with van der Waals surface area (Å²) in [6, 6.07) is 0. The molecule has 0 aromatic carbocycles. The molecule has 0 bridgehead atoms. The zero-order valence-electron chi connectivity index (χ0n) is 4.78. The number of aliphatic hydroxyl groups is 1. The van der Waals surface area contributed by atoms with Crippen LogP contribution < -0.4 is 0 Å². The molecule has 9 heavy (non-hydrogen) atoms. The molecule has 5 heteroatoms. The van der Waals surface area contributed by atoms with Gasteiger partial charge in [0.1, 0.15) is 0 Å². The molecule has 0 spiro atoms. The van der Waals surface area contributed by atoms with Gasteiger partial charge in [0.2, 0.25) is 0 Å². The second-order valence-electron chi connectivity index (χ2n) is 1.26. The average Bonchev–Trinajstić information content (AvgIpc) is 1.84. The van der Waals surface area contributed by atoms with E-state index in [1.54, 1.807) is 0 Å². The quantitative estimate of drug-likeness (QED) is 0.434. The van der Waals surface area contributed by atoms with Crippen LogP contribution in [0.2, 0.25) is 0 Å². The molecule has 0 aliphatic carbocycles. The van der Waals surface area contributed by atoms with E-state index in [0.29, 0.717) is 0 Å². The summed E-state index contributed by atoms with van der Waals surface area (Å²) < 4.78 is 24.6. The van der Waals surface area contributed by atoms with E-state index in [1.165, 1.54) is 6.08 Å². The predicted octanol–water partition coefficient (Wildman–Crippen LogP) is -0.531. The Hall–Kier alpha value is -0.390. The van der Waals surface area contributed by atoms with Crippen LogP contribution in [-0.4, -0.2) is 26.1 Å². The van der Waals surface area contributed by atoms with E-state index < -0.39 is 16.1 Å². The van der Waals surface area contributed by atoms with Crippen molar-refractivity contribution in [2.24, 2.45) is 0 Å². The van der Waals surface area contributed by atoms with Crippen LogP contribution >= 0.6 is 0 Å². The SMILES string of the molecule is C=CCOS(=O)(=O)CO. The molecule has 0 fully saturated rings. The van der Waals surface area contributed by atoms with Gasteiger partial charge in [0.05, 0.1) is 6.61 Å². The van der Waals surface area contributed by atoms with Gasteiger partial charge in [0.25, 0.3) is 10.1 Å². The van der Waals surface area contributed by atoms with Crippen molar-refractivity contribution < 1.29 is 17.7 Å². The molecular weight excluding hydrogens is 144 g/mol. The molecule has 0 radical (unpaired) electrons. The van der Waals surface area contributed by atoms with E-state index in [1.807, 2.05) is 0 Å². The Morgan fingerprint density at radius 2 is 2.22 bits per heavy atom. The van der Waals surface area contributed by atoms with Crippen molar-refractivity contribution in [3.8, 4) is 0 Å². The summed E-state index contributed by atoms with van der Waals surface area (Å²) in [6.07, 6.45) is 1.28. The van der Waals surface area contributed by atoms with Gasteiger partial charge in [0.15, 0.2) is 5.94 Å². The Kier molecular flexibility index (Phi) is 3.44. The van der Waals surface area contributed by atoms with Gasteiger partial charge in [-0.2, -0.15) is 8.42 Å². The van der Waals surface area contributed by atoms with Crippen LogP contribution in [0.4, 0.5) is 0 Å². The molecule has 0 aromatic heterocycles. The van der Waals surface area contributed by atoms with Crippen LogP contribution in [0.15, 0.2) is 12.7 Å². The molecular formula is C4H8O4S. The Balaban J connectivity index is 3.74. The fourth-order valence-corrected chi connectivity index (χ4v) is 0.567. The average molecular weight is 152 g/mol. The second kappa shape index (κ2) is 3.60. The first-order valence-electron chi connectivity index (χ1n) is 2.21. The van der Waals surface area contributed by atoms with Crippen LogP contribution in [0.1, 0.15) is 0 Å². The highest BCUT2D eigenvalue weighted by Gasteiger charge is 2.05. The lowest BCUT2D eigenvalue weighted by Crippen LogP contribution is -2.09. The van der Waals surface area contributed by atoms with Crippen molar-refractivity contribution in [3.05, 3.63) is 12.7 Å². The maximum Gasteiger partial charge on any atom is 0.291 e. The summed E-state index contributed by atoms with van der Waals surface area (Å²) in [4.78, 5) is 0. The molecule has 0 saturated heterocycles. The third-order valence-electron chi connectivity index (χ3n) is 0.524. The molecule has 0 aliphatic rings. The molecule has 0 amide bonds. The van der Waals surface area contributed by atoms with Crippen LogP contribution in [0.25, 0.3) is 0 Å². The van der Waals surface area contributed by atoms with E-state index in [9.17, 15) is 8.42 Å². The lowest BCUT2D eigenvalue weighted by atomic mass is 10.7. The molecule has 0 aliphatic heterocycles. The summed E-state index contributed by atoms with van der Waals surface area (Å²) in [5.41, 5.74) is 0. The highest BCUT2D eigenvalue weighted by atomic mass is 32.2. The lowest BCUT2D eigenvalue weighted by molar-refractivity contribution is 0.299. The molecule has 0 atom stereocenters. The van der Waals surface area contributed by atoms with Gasteiger partial charge in [0, 0.05) is 0 Å². The van der Waals surface area contributed by atoms with Crippen LogP contribution in [0.3, 0.4) is 0 Å². The first-order valence-corrected chi connectivity index (χ1v) is 3.79. The second-order valence-corrected chi connectivity index (χ2v) is 2.87. The molecule has 54 valence electrons. The third kappa shape index (κ3) is 4.14. The van der Waals surface area contributed by atoms with Crippen molar-refractivity contribution in [3.63, 3.8) is 0 Å². The van der Waals surface area contributed by atoms with Crippen LogP contribution in [-0.2, 0) is 14.3 Å². The minimum Gasteiger partial charge on any atom is -0.378 e. The third-order valence-corrected chi connectivity index (χ3v) is 1.33. The monoisotopic (exact) mass is 152 g/mol. The zero-order chi connectivity index (χ0) is 7.33. The minimum atomic E-state index is -3.70. The maximum atomic E-state index is 10.2. The fraction of sp³-hybridized carbons (Fsp3) is 0.500. The maximum absolute atomic E-state index is 10.2. The first kappa shape index (κ1) is 8.61. The van der Waals surface area contributed by atoms with Gasteiger partial charge in [-0.1, -0.05) is 6.08 Å². The molecule has 4 nitrogen and oxygen atoms in total. The van der Waals surface area contributed by atoms with Gasteiger partial charge in [-0.05, 0) is 0 Å². The van der Waals surface area contributed by atoms with Gasteiger partial charge in [-0.3, -0.25) is 4.18 Å². The van der Waals surface area contributed by atoms with E-state index in [2.05, 4.69) is 10.8 Å². The molecule has 0 rings (SSSR count). The molecule has 0 heterocycles. The molecule has 0 unspecified atom stereocenters. The molecule has 1 N–H and O–H groups in total. The highest BCUT2D eigenvalue weighted by molar-refractivity contribution is 7.86. The van der Waals surface area contributed by atoms with Crippen molar-refractivity contribution in [1.29, 1.82) is 0 Å². The zero-order valence-corrected chi connectivity index (χ0v) is 5.60.